The van der Waals surface area contributed by atoms with Crippen molar-refractivity contribution < 1.29 is 22.7 Å². The summed E-state index contributed by atoms with van der Waals surface area (Å²) in [5.41, 5.74) is 3.09. The number of rotatable bonds is 3. The molecule has 9 heteroatoms. The molecule has 3 aliphatic rings. The van der Waals surface area contributed by atoms with Crippen molar-refractivity contribution in [2.75, 3.05) is 29.9 Å². The Labute approximate surface area is 199 Å². The van der Waals surface area contributed by atoms with Gasteiger partial charge >= 0.3 is 0 Å². The fourth-order valence-corrected chi connectivity index (χ4v) is 6.85. The normalized spacial score (nSPS) is 22.9. The van der Waals surface area contributed by atoms with E-state index in [1.165, 1.54) is 10.4 Å². The minimum atomic E-state index is -3.84. The van der Waals surface area contributed by atoms with E-state index in [0.717, 1.165) is 24.1 Å². The van der Waals surface area contributed by atoms with Crippen LogP contribution in [-0.4, -0.2) is 50.3 Å². The lowest BCUT2D eigenvalue weighted by molar-refractivity contribution is -0.123. The predicted octanol–water partition coefficient (Wildman–Crippen LogP) is 3.09. The molecular formula is C25H29N3O5S. The van der Waals surface area contributed by atoms with Crippen LogP contribution in [0.1, 0.15) is 37.3 Å². The zero-order valence-electron chi connectivity index (χ0n) is 19.4. The van der Waals surface area contributed by atoms with Gasteiger partial charge in [-0.05, 0) is 62.8 Å². The van der Waals surface area contributed by atoms with Crippen LogP contribution >= 0.6 is 0 Å². The van der Waals surface area contributed by atoms with Crippen LogP contribution in [-0.2, 0) is 26.0 Å². The van der Waals surface area contributed by atoms with Crippen molar-refractivity contribution in [1.82, 2.24) is 4.31 Å². The maximum Gasteiger partial charge on any atom is 0.265 e. The summed E-state index contributed by atoms with van der Waals surface area (Å²) >= 11 is 0. The van der Waals surface area contributed by atoms with Crippen LogP contribution in [0.2, 0.25) is 0 Å². The van der Waals surface area contributed by atoms with E-state index in [9.17, 15) is 18.0 Å². The van der Waals surface area contributed by atoms with Crippen molar-refractivity contribution >= 4 is 33.2 Å². The van der Waals surface area contributed by atoms with Crippen LogP contribution in [0, 0.1) is 12.8 Å². The number of ether oxygens (including phenoxy) is 1. The number of amides is 2. The van der Waals surface area contributed by atoms with Gasteiger partial charge < -0.3 is 15.0 Å². The molecule has 8 nitrogen and oxygen atoms in total. The SMILES string of the molecule is Cc1cc2c(cc1S(=O)(=O)N1CCCC(C(=O)N3CCCc4ccccc43)C1)OC(C)C(=O)N2. The molecule has 2 aromatic carbocycles. The molecule has 180 valence electrons. The first-order valence-electron chi connectivity index (χ1n) is 11.8. The largest absolute Gasteiger partial charge is 0.479 e. The lowest BCUT2D eigenvalue weighted by Crippen LogP contribution is -2.48. The van der Waals surface area contributed by atoms with Gasteiger partial charge in [-0.2, -0.15) is 4.31 Å². The standard InChI is InChI=1S/C25H29N3O5S/c1-16-13-20-22(33-17(2)24(29)26-20)14-23(16)34(31,32)27-11-5-9-19(15-27)25(30)28-12-6-8-18-7-3-4-10-21(18)28/h3-4,7,10,13-14,17,19H,5-6,8-9,11-12,15H2,1-2H3,(H,26,29). The number of benzene rings is 2. The van der Waals surface area contributed by atoms with Gasteiger partial charge in [0.2, 0.25) is 15.9 Å². The molecule has 3 heterocycles. The first-order chi connectivity index (χ1) is 16.3. The number of hydrogen-bond acceptors (Lipinski definition) is 5. The summed E-state index contributed by atoms with van der Waals surface area (Å²) in [5, 5.41) is 2.75. The highest BCUT2D eigenvalue weighted by molar-refractivity contribution is 7.89. The van der Waals surface area contributed by atoms with E-state index in [4.69, 9.17) is 4.74 Å². The molecule has 5 rings (SSSR count). The number of nitrogens with one attached hydrogen (secondary N) is 1. The number of anilines is 2. The summed E-state index contributed by atoms with van der Waals surface area (Å²) < 4.78 is 34.3. The summed E-state index contributed by atoms with van der Waals surface area (Å²) in [6.07, 6.45) is 2.44. The number of carbonyl (C=O) groups is 2. The van der Waals surface area contributed by atoms with Crippen molar-refractivity contribution in [3.63, 3.8) is 0 Å². The molecule has 2 amide bonds. The zero-order valence-corrected chi connectivity index (χ0v) is 20.2. The molecule has 1 fully saturated rings. The quantitative estimate of drug-likeness (QED) is 0.724. The Bertz CT molecular complexity index is 1260. The minimum Gasteiger partial charge on any atom is -0.479 e. The highest BCUT2D eigenvalue weighted by Gasteiger charge is 2.37. The van der Waals surface area contributed by atoms with Gasteiger partial charge in [-0.1, -0.05) is 18.2 Å². The number of para-hydroxylation sites is 1. The van der Waals surface area contributed by atoms with Crippen LogP contribution in [0.15, 0.2) is 41.3 Å². The van der Waals surface area contributed by atoms with Crippen LogP contribution in [0.5, 0.6) is 5.75 Å². The summed E-state index contributed by atoms with van der Waals surface area (Å²) in [6, 6.07) is 11.1. The Kier molecular flexibility index (Phi) is 5.85. The van der Waals surface area contributed by atoms with Crippen molar-refractivity contribution in [2.45, 2.75) is 50.5 Å². The highest BCUT2D eigenvalue weighted by atomic mass is 32.2. The van der Waals surface area contributed by atoms with Crippen LogP contribution in [0.4, 0.5) is 11.4 Å². The predicted molar refractivity (Wildman–Crippen MR) is 128 cm³/mol. The molecular weight excluding hydrogens is 454 g/mol. The van der Waals surface area contributed by atoms with Gasteiger partial charge in [0.15, 0.2) is 6.10 Å². The maximum atomic E-state index is 13.6. The third-order valence-electron chi connectivity index (χ3n) is 6.94. The molecule has 0 saturated carbocycles. The topological polar surface area (TPSA) is 96.0 Å². The maximum absolute atomic E-state index is 13.6. The molecule has 0 bridgehead atoms. The second kappa shape index (κ2) is 8.70. The van der Waals surface area contributed by atoms with E-state index in [2.05, 4.69) is 11.4 Å². The van der Waals surface area contributed by atoms with E-state index < -0.39 is 16.1 Å². The average Bonchev–Trinajstić information content (AvgIpc) is 2.84. The molecule has 34 heavy (non-hydrogen) atoms. The Morgan fingerprint density at radius 1 is 1.15 bits per heavy atom. The smallest absolute Gasteiger partial charge is 0.265 e. The van der Waals surface area contributed by atoms with Gasteiger partial charge in [0.25, 0.3) is 5.91 Å². The van der Waals surface area contributed by atoms with E-state index in [1.807, 2.05) is 23.1 Å². The second-order valence-corrected chi connectivity index (χ2v) is 11.2. The molecule has 2 unspecified atom stereocenters. The molecule has 1 N–H and O–H groups in total. The van der Waals surface area contributed by atoms with Crippen LogP contribution < -0.4 is 15.0 Å². The fourth-order valence-electron chi connectivity index (χ4n) is 5.11. The van der Waals surface area contributed by atoms with Gasteiger partial charge in [0.05, 0.1) is 16.5 Å². The minimum absolute atomic E-state index is 0.00548. The third-order valence-corrected chi connectivity index (χ3v) is 8.94. The van der Waals surface area contributed by atoms with Gasteiger partial charge in [0.1, 0.15) is 5.75 Å². The Balaban J connectivity index is 1.39. The molecule has 3 aliphatic heterocycles. The van der Waals surface area contributed by atoms with Crippen LogP contribution in [0.3, 0.4) is 0 Å². The second-order valence-electron chi connectivity index (χ2n) is 9.29. The number of sulfonamides is 1. The first-order valence-corrected chi connectivity index (χ1v) is 13.2. The highest BCUT2D eigenvalue weighted by Crippen LogP contribution is 2.37. The average molecular weight is 484 g/mol. The molecule has 0 aliphatic carbocycles. The van der Waals surface area contributed by atoms with Crippen molar-refractivity contribution in [3.05, 3.63) is 47.5 Å². The van der Waals surface area contributed by atoms with Crippen molar-refractivity contribution in [2.24, 2.45) is 5.92 Å². The Morgan fingerprint density at radius 3 is 2.76 bits per heavy atom. The fraction of sp³-hybridized carbons (Fsp3) is 0.440. The van der Waals surface area contributed by atoms with Gasteiger partial charge in [-0.25, -0.2) is 8.42 Å². The molecule has 0 aromatic heterocycles. The Hall–Kier alpha value is -2.91. The number of nitrogens with zero attached hydrogens (tertiary/aromatic N) is 2. The number of piperidine rings is 1. The van der Waals surface area contributed by atoms with Gasteiger partial charge in [0, 0.05) is 31.4 Å². The summed E-state index contributed by atoms with van der Waals surface area (Å²) in [7, 11) is -3.84. The number of carbonyl (C=O) groups excluding carboxylic acids is 2. The summed E-state index contributed by atoms with van der Waals surface area (Å²) in [5.74, 6) is -0.317. The molecule has 1 saturated heterocycles. The summed E-state index contributed by atoms with van der Waals surface area (Å²) in [4.78, 5) is 27.4. The monoisotopic (exact) mass is 483 g/mol. The molecule has 2 aromatic rings. The van der Waals surface area contributed by atoms with E-state index in [-0.39, 0.29) is 29.2 Å². The molecule has 0 spiro atoms. The first kappa shape index (κ1) is 22.9. The van der Waals surface area contributed by atoms with Crippen molar-refractivity contribution in [1.29, 1.82) is 0 Å². The number of aryl methyl sites for hydroxylation is 2. The number of hydrogen-bond donors (Lipinski definition) is 1. The molecule has 0 radical (unpaired) electrons. The number of fused-ring (bicyclic) bond motifs is 2. The van der Waals surface area contributed by atoms with E-state index >= 15 is 0 Å². The Morgan fingerprint density at radius 2 is 1.94 bits per heavy atom. The summed E-state index contributed by atoms with van der Waals surface area (Å²) in [6.45, 7) is 4.50. The van der Waals surface area contributed by atoms with Crippen LogP contribution in [0.25, 0.3) is 0 Å². The van der Waals surface area contributed by atoms with E-state index in [1.54, 1.807) is 19.9 Å². The molecule has 2 atom stereocenters. The third kappa shape index (κ3) is 3.96. The van der Waals surface area contributed by atoms with Crippen molar-refractivity contribution in [3.8, 4) is 5.75 Å². The zero-order chi connectivity index (χ0) is 24.0. The lowest BCUT2D eigenvalue weighted by Gasteiger charge is -2.36. The lowest BCUT2D eigenvalue weighted by atomic mass is 9.95. The van der Waals surface area contributed by atoms with E-state index in [0.29, 0.717) is 42.9 Å². The van der Waals surface area contributed by atoms with Gasteiger partial charge in [-0.3, -0.25) is 9.59 Å². The van der Waals surface area contributed by atoms with Gasteiger partial charge in [-0.15, -0.1) is 0 Å².